The Bertz CT molecular complexity index is 450. The van der Waals surface area contributed by atoms with Crippen LogP contribution in [0.5, 0.6) is 0 Å². The monoisotopic (exact) mass is 228 g/mol. The highest BCUT2D eigenvalue weighted by Gasteiger charge is 2.06. The molecule has 0 aromatic heterocycles. The molecule has 6 heteroatoms. The SMILES string of the molecule is [NH]C(=O)Cc1ccc(CS(=O)(=O)O)cc1. The van der Waals surface area contributed by atoms with Gasteiger partial charge in [0.1, 0.15) is 5.75 Å². The molecule has 0 heterocycles. The van der Waals surface area contributed by atoms with Crippen LogP contribution in [-0.2, 0) is 27.1 Å². The van der Waals surface area contributed by atoms with Gasteiger partial charge in [0.2, 0.25) is 5.91 Å². The van der Waals surface area contributed by atoms with Crippen LogP contribution < -0.4 is 5.73 Å². The van der Waals surface area contributed by atoms with Gasteiger partial charge in [-0.15, -0.1) is 0 Å². The molecule has 1 rings (SSSR count). The average molecular weight is 228 g/mol. The largest absolute Gasteiger partial charge is 0.285 e. The van der Waals surface area contributed by atoms with Crippen molar-refractivity contribution in [2.45, 2.75) is 12.2 Å². The van der Waals surface area contributed by atoms with Crippen molar-refractivity contribution >= 4 is 16.0 Å². The van der Waals surface area contributed by atoms with E-state index in [9.17, 15) is 13.2 Å². The fourth-order valence-corrected chi connectivity index (χ4v) is 1.76. The van der Waals surface area contributed by atoms with Gasteiger partial charge in [0.05, 0.1) is 6.42 Å². The molecule has 0 fully saturated rings. The van der Waals surface area contributed by atoms with Gasteiger partial charge in [-0.25, -0.2) is 0 Å². The smallest absolute Gasteiger partial charge is 0.269 e. The van der Waals surface area contributed by atoms with E-state index in [0.29, 0.717) is 11.1 Å². The Balaban J connectivity index is 2.77. The highest BCUT2D eigenvalue weighted by molar-refractivity contribution is 7.85. The third-order valence-corrected chi connectivity index (χ3v) is 2.43. The number of hydrogen-bond donors (Lipinski definition) is 1. The first-order valence-corrected chi connectivity index (χ1v) is 5.75. The second-order valence-electron chi connectivity index (χ2n) is 3.14. The summed E-state index contributed by atoms with van der Waals surface area (Å²) in [6, 6.07) is 6.14. The molecular weight excluding hydrogens is 218 g/mol. The van der Waals surface area contributed by atoms with Crippen LogP contribution in [0.25, 0.3) is 0 Å². The molecule has 1 radical (unpaired) electrons. The maximum atomic E-state index is 10.5. The Labute approximate surface area is 87.7 Å². The molecule has 5 nitrogen and oxygen atoms in total. The molecule has 81 valence electrons. The summed E-state index contributed by atoms with van der Waals surface area (Å²) in [6.07, 6.45) is 0.00611. The molecule has 0 bridgehead atoms. The summed E-state index contributed by atoms with van der Waals surface area (Å²) in [7, 11) is -4.02. The van der Waals surface area contributed by atoms with Crippen LogP contribution in [-0.4, -0.2) is 18.9 Å². The third-order valence-electron chi connectivity index (χ3n) is 1.74. The van der Waals surface area contributed by atoms with Crippen molar-refractivity contribution in [3.63, 3.8) is 0 Å². The zero-order chi connectivity index (χ0) is 11.5. The molecule has 0 saturated heterocycles. The summed E-state index contributed by atoms with van der Waals surface area (Å²) in [4.78, 5) is 10.5. The van der Waals surface area contributed by atoms with Gasteiger partial charge in [0, 0.05) is 0 Å². The zero-order valence-electron chi connectivity index (χ0n) is 7.80. The number of benzene rings is 1. The molecule has 0 saturated carbocycles. The lowest BCUT2D eigenvalue weighted by Gasteiger charge is -2.00. The van der Waals surface area contributed by atoms with Crippen molar-refractivity contribution in [2.24, 2.45) is 0 Å². The van der Waals surface area contributed by atoms with Crippen molar-refractivity contribution in [1.82, 2.24) is 5.73 Å². The normalized spacial score (nSPS) is 11.3. The Kier molecular flexibility index (Phi) is 3.43. The fourth-order valence-electron chi connectivity index (χ4n) is 1.15. The first-order chi connectivity index (χ1) is 6.87. The van der Waals surface area contributed by atoms with Crippen molar-refractivity contribution in [2.75, 3.05) is 0 Å². The molecule has 1 aromatic rings. The van der Waals surface area contributed by atoms with E-state index in [1.165, 1.54) is 12.1 Å². The number of amides is 1. The number of carbonyl (C=O) groups excluding carboxylic acids is 1. The second kappa shape index (κ2) is 4.41. The minimum atomic E-state index is -4.02. The predicted molar refractivity (Wildman–Crippen MR) is 53.5 cm³/mol. The van der Waals surface area contributed by atoms with Gasteiger partial charge in [0.25, 0.3) is 10.1 Å². The molecule has 1 amide bonds. The zero-order valence-corrected chi connectivity index (χ0v) is 8.62. The van der Waals surface area contributed by atoms with E-state index in [4.69, 9.17) is 10.3 Å². The van der Waals surface area contributed by atoms with E-state index in [2.05, 4.69) is 0 Å². The summed E-state index contributed by atoms with van der Waals surface area (Å²) in [5.74, 6) is -1.14. The molecule has 15 heavy (non-hydrogen) atoms. The Morgan fingerprint density at radius 3 is 2.07 bits per heavy atom. The van der Waals surface area contributed by atoms with Crippen molar-refractivity contribution in [3.8, 4) is 0 Å². The van der Waals surface area contributed by atoms with Crippen LogP contribution in [0.3, 0.4) is 0 Å². The third kappa shape index (κ3) is 4.57. The highest BCUT2D eigenvalue weighted by atomic mass is 32.2. The van der Waals surface area contributed by atoms with Gasteiger partial charge in [-0.1, -0.05) is 24.3 Å². The average Bonchev–Trinajstić information content (AvgIpc) is 2.05. The summed E-state index contributed by atoms with van der Waals surface area (Å²) in [5, 5.41) is 0. The van der Waals surface area contributed by atoms with Crippen molar-refractivity contribution < 1.29 is 17.8 Å². The molecule has 0 aliphatic heterocycles. The topological polar surface area (TPSA) is 95.2 Å². The van der Waals surface area contributed by atoms with Crippen LogP contribution in [0.1, 0.15) is 11.1 Å². The van der Waals surface area contributed by atoms with E-state index in [-0.39, 0.29) is 6.42 Å². The fraction of sp³-hybridized carbons (Fsp3) is 0.222. The summed E-state index contributed by atoms with van der Waals surface area (Å²) < 4.78 is 29.6. The van der Waals surface area contributed by atoms with Crippen LogP contribution in [0.15, 0.2) is 24.3 Å². The van der Waals surface area contributed by atoms with Gasteiger partial charge in [-0.05, 0) is 11.1 Å². The van der Waals surface area contributed by atoms with Crippen LogP contribution >= 0.6 is 0 Å². The van der Waals surface area contributed by atoms with Gasteiger partial charge < -0.3 is 0 Å². The number of rotatable bonds is 4. The first kappa shape index (κ1) is 11.7. The van der Waals surface area contributed by atoms with Gasteiger partial charge in [-0.2, -0.15) is 8.42 Å². The van der Waals surface area contributed by atoms with E-state index < -0.39 is 21.8 Å². The van der Waals surface area contributed by atoms with E-state index >= 15 is 0 Å². The highest BCUT2D eigenvalue weighted by Crippen LogP contribution is 2.08. The lowest BCUT2D eigenvalue weighted by Crippen LogP contribution is -2.04. The molecule has 0 spiro atoms. The van der Waals surface area contributed by atoms with Crippen molar-refractivity contribution in [3.05, 3.63) is 35.4 Å². The molecule has 2 N–H and O–H groups in total. The van der Waals surface area contributed by atoms with Crippen LogP contribution in [0.4, 0.5) is 0 Å². The van der Waals surface area contributed by atoms with E-state index in [1.54, 1.807) is 12.1 Å². The van der Waals surface area contributed by atoms with Crippen molar-refractivity contribution in [1.29, 1.82) is 0 Å². The van der Waals surface area contributed by atoms with Crippen LogP contribution in [0.2, 0.25) is 0 Å². The minimum absolute atomic E-state index is 0.00611. The Morgan fingerprint density at radius 1 is 1.20 bits per heavy atom. The molecular formula is C9H10NO4S. The maximum Gasteiger partial charge on any atom is 0.269 e. The quantitative estimate of drug-likeness (QED) is 0.756. The Morgan fingerprint density at radius 2 is 1.67 bits per heavy atom. The molecule has 0 atom stereocenters. The van der Waals surface area contributed by atoms with Crippen LogP contribution in [0, 0.1) is 0 Å². The Hall–Kier alpha value is -1.40. The number of carbonyl (C=O) groups is 1. The van der Waals surface area contributed by atoms with Gasteiger partial charge in [0.15, 0.2) is 0 Å². The second-order valence-corrected chi connectivity index (χ2v) is 4.60. The standard InChI is InChI=1S/C9H10NO4S/c10-9(11)5-7-1-3-8(4-2-7)6-15(12,13)14/h1-4,10H,5-6H2,(H,12,13,14). The summed E-state index contributed by atoms with van der Waals surface area (Å²) >= 11 is 0. The van der Waals surface area contributed by atoms with E-state index in [0.717, 1.165) is 0 Å². The van der Waals surface area contributed by atoms with Gasteiger partial charge >= 0.3 is 0 Å². The summed E-state index contributed by atoms with van der Waals surface area (Å²) in [6.45, 7) is 0. The molecule has 0 aliphatic rings. The lowest BCUT2D eigenvalue weighted by molar-refractivity contribution is -0.118. The predicted octanol–water partition coefficient (Wildman–Crippen LogP) is 0.426. The molecule has 1 aromatic carbocycles. The summed E-state index contributed by atoms with van der Waals surface area (Å²) in [5.41, 5.74) is 7.83. The van der Waals surface area contributed by atoms with Gasteiger partial charge in [-0.3, -0.25) is 15.1 Å². The lowest BCUT2D eigenvalue weighted by atomic mass is 10.1. The molecule has 0 unspecified atom stereocenters. The minimum Gasteiger partial charge on any atom is -0.285 e. The number of nitrogens with one attached hydrogen (secondary N) is 1. The maximum absolute atomic E-state index is 10.5. The molecule has 0 aliphatic carbocycles. The number of hydrogen-bond acceptors (Lipinski definition) is 3. The van der Waals surface area contributed by atoms with E-state index in [1.807, 2.05) is 0 Å². The first-order valence-electron chi connectivity index (χ1n) is 4.14.